The van der Waals surface area contributed by atoms with E-state index in [1.807, 2.05) is 31.2 Å². The van der Waals surface area contributed by atoms with Gasteiger partial charge in [-0.05, 0) is 37.1 Å². The Morgan fingerprint density at radius 2 is 1.67 bits per heavy atom. The van der Waals surface area contributed by atoms with Gasteiger partial charge in [0, 0.05) is 37.9 Å². The summed E-state index contributed by atoms with van der Waals surface area (Å²) in [5.74, 6) is -3.06. The Hall–Kier alpha value is -2.56. The number of carbonyl (C=O) groups excluding carboxylic acids is 2. The van der Waals surface area contributed by atoms with Crippen LogP contribution < -0.4 is 0 Å². The van der Waals surface area contributed by atoms with Crippen molar-refractivity contribution in [3.05, 3.63) is 70.3 Å². The predicted molar refractivity (Wildman–Crippen MR) is 99.5 cm³/mol. The van der Waals surface area contributed by atoms with Gasteiger partial charge < -0.3 is 4.90 Å². The largest absolute Gasteiger partial charge is 0.345 e. The maximum absolute atomic E-state index is 14.5. The molecule has 0 unspecified atom stereocenters. The van der Waals surface area contributed by atoms with Gasteiger partial charge in [0.2, 0.25) is 5.91 Å². The van der Waals surface area contributed by atoms with Gasteiger partial charge in [-0.2, -0.15) is 0 Å². The van der Waals surface area contributed by atoms with Crippen LogP contribution in [0.2, 0.25) is 0 Å². The lowest BCUT2D eigenvalue weighted by Crippen LogP contribution is -2.25. The molecule has 3 nitrogen and oxygen atoms in total. The summed E-state index contributed by atoms with van der Waals surface area (Å²) in [6.45, 7) is 3.79. The second-order valence-electron chi connectivity index (χ2n) is 7.48. The molecule has 27 heavy (non-hydrogen) atoms. The van der Waals surface area contributed by atoms with E-state index in [9.17, 15) is 18.4 Å². The minimum atomic E-state index is -0.736. The summed E-state index contributed by atoms with van der Waals surface area (Å²) < 4.78 is 28.9. The van der Waals surface area contributed by atoms with Crippen molar-refractivity contribution in [1.29, 1.82) is 0 Å². The van der Waals surface area contributed by atoms with Crippen molar-refractivity contribution >= 4 is 11.7 Å². The molecule has 1 amide bonds. The number of rotatable bonds is 5. The smallest absolute Gasteiger partial charge is 0.226 e. The van der Waals surface area contributed by atoms with Crippen LogP contribution in [-0.4, -0.2) is 30.2 Å². The monoisotopic (exact) mass is 371 g/mol. The number of hydrogen-bond donors (Lipinski definition) is 0. The minimum absolute atomic E-state index is 0.0194. The molecule has 0 aliphatic carbocycles. The van der Waals surface area contributed by atoms with E-state index in [0.717, 1.165) is 11.1 Å². The molecule has 0 radical (unpaired) electrons. The van der Waals surface area contributed by atoms with Crippen LogP contribution in [0.4, 0.5) is 8.78 Å². The summed E-state index contributed by atoms with van der Waals surface area (Å²) in [5.41, 5.74) is 2.36. The minimum Gasteiger partial charge on any atom is -0.345 e. The molecule has 5 heteroatoms. The molecule has 0 spiro atoms. The third-order valence-electron chi connectivity index (χ3n) is 5.21. The second kappa shape index (κ2) is 7.59. The fourth-order valence-corrected chi connectivity index (χ4v) is 3.81. The topological polar surface area (TPSA) is 37.4 Å². The third-order valence-corrected chi connectivity index (χ3v) is 5.21. The highest BCUT2D eigenvalue weighted by atomic mass is 19.1. The van der Waals surface area contributed by atoms with Crippen molar-refractivity contribution < 1.29 is 18.4 Å². The Morgan fingerprint density at radius 1 is 1.07 bits per heavy atom. The fraction of sp³-hybridized carbons (Fsp3) is 0.364. The van der Waals surface area contributed by atoms with Crippen molar-refractivity contribution in [2.45, 2.75) is 32.6 Å². The van der Waals surface area contributed by atoms with E-state index in [0.29, 0.717) is 5.56 Å². The number of ketones is 1. The van der Waals surface area contributed by atoms with Crippen LogP contribution in [0.15, 0.2) is 36.4 Å². The second-order valence-corrected chi connectivity index (χ2v) is 7.48. The first-order valence-corrected chi connectivity index (χ1v) is 9.04. The molecule has 2 aromatic carbocycles. The van der Waals surface area contributed by atoms with Crippen LogP contribution in [-0.2, 0) is 16.0 Å². The normalized spacial score (nSPS) is 19.6. The number of amides is 1. The average molecular weight is 371 g/mol. The predicted octanol–water partition coefficient (Wildman–Crippen LogP) is 3.96. The Bertz CT molecular complexity index is 853. The lowest BCUT2D eigenvalue weighted by atomic mass is 9.83. The zero-order chi connectivity index (χ0) is 19.7. The molecule has 3 rings (SSSR count). The molecule has 1 fully saturated rings. The molecule has 2 atom stereocenters. The highest BCUT2D eigenvalue weighted by Gasteiger charge is 2.42. The standard InChI is InChI=1S/C22H23F2NO2/c1-13-4-6-15(7-5-13)10-16(26)11-17-18(12-25(3)22(17)27)21-19(23)8-14(2)9-20(21)24/h4-9,17-18H,10-12H2,1-3H3/t17-,18+/m0/s1. The molecule has 2 aromatic rings. The molecule has 0 saturated carbocycles. The van der Waals surface area contributed by atoms with Crippen molar-refractivity contribution in [2.75, 3.05) is 13.6 Å². The summed E-state index contributed by atoms with van der Waals surface area (Å²) >= 11 is 0. The van der Waals surface area contributed by atoms with Crippen molar-refractivity contribution in [3.63, 3.8) is 0 Å². The number of hydrogen-bond acceptors (Lipinski definition) is 2. The summed E-state index contributed by atoms with van der Waals surface area (Å²) in [5, 5.41) is 0. The molecule has 142 valence electrons. The molecule has 1 saturated heterocycles. The van der Waals surface area contributed by atoms with Crippen LogP contribution in [0.1, 0.15) is 34.6 Å². The molecule has 0 bridgehead atoms. The highest BCUT2D eigenvalue weighted by molar-refractivity contribution is 5.90. The molecule has 0 N–H and O–H groups in total. The van der Waals surface area contributed by atoms with Gasteiger partial charge in [-0.1, -0.05) is 29.8 Å². The van der Waals surface area contributed by atoms with Crippen LogP contribution in [0.25, 0.3) is 0 Å². The van der Waals surface area contributed by atoms with Crippen molar-refractivity contribution in [1.82, 2.24) is 4.90 Å². The van der Waals surface area contributed by atoms with E-state index < -0.39 is 23.5 Å². The molecule has 1 heterocycles. The number of carbonyl (C=O) groups is 2. The SMILES string of the molecule is Cc1ccc(CC(=O)C[C@@H]2C(=O)N(C)C[C@H]2c2c(F)cc(C)cc2F)cc1. The summed E-state index contributed by atoms with van der Waals surface area (Å²) in [6, 6.07) is 10.2. The van der Waals surface area contributed by atoms with Crippen LogP contribution in [0.3, 0.4) is 0 Å². The zero-order valence-electron chi connectivity index (χ0n) is 15.8. The quantitative estimate of drug-likeness (QED) is 0.798. The van der Waals surface area contributed by atoms with E-state index in [1.54, 1.807) is 14.0 Å². The summed E-state index contributed by atoms with van der Waals surface area (Å²) in [7, 11) is 1.60. The Labute approximate surface area is 158 Å². The maximum atomic E-state index is 14.5. The van der Waals surface area contributed by atoms with Crippen LogP contribution in [0.5, 0.6) is 0 Å². The average Bonchev–Trinajstić information content (AvgIpc) is 2.84. The number of nitrogens with zero attached hydrogens (tertiary/aromatic N) is 1. The van der Waals surface area contributed by atoms with E-state index in [1.165, 1.54) is 17.0 Å². The van der Waals surface area contributed by atoms with Gasteiger partial charge in [0.25, 0.3) is 0 Å². The first-order valence-electron chi connectivity index (χ1n) is 9.04. The van der Waals surface area contributed by atoms with Gasteiger partial charge >= 0.3 is 0 Å². The number of likely N-dealkylation sites (N-methyl/N-ethyl adjacent to an activating group) is 1. The molecule has 1 aliphatic rings. The lowest BCUT2D eigenvalue weighted by molar-refractivity contribution is -0.132. The highest BCUT2D eigenvalue weighted by Crippen LogP contribution is 2.38. The molecule has 0 aromatic heterocycles. The Kier molecular flexibility index (Phi) is 5.40. The molecule has 1 aliphatic heterocycles. The van der Waals surface area contributed by atoms with Gasteiger partial charge in [-0.25, -0.2) is 8.78 Å². The number of likely N-dealkylation sites (tertiary alicyclic amines) is 1. The summed E-state index contributed by atoms with van der Waals surface area (Å²) in [6.07, 6.45) is 0.188. The first kappa shape index (κ1) is 19.2. The van der Waals surface area contributed by atoms with Gasteiger partial charge in [0.05, 0.1) is 5.92 Å². The van der Waals surface area contributed by atoms with Gasteiger partial charge in [-0.15, -0.1) is 0 Å². The van der Waals surface area contributed by atoms with Crippen LogP contribution in [0, 0.1) is 31.4 Å². The number of aryl methyl sites for hydroxylation is 2. The fourth-order valence-electron chi connectivity index (χ4n) is 3.81. The van der Waals surface area contributed by atoms with E-state index >= 15 is 0 Å². The zero-order valence-corrected chi connectivity index (χ0v) is 15.8. The number of benzene rings is 2. The van der Waals surface area contributed by atoms with Gasteiger partial charge in [0.15, 0.2) is 0 Å². The van der Waals surface area contributed by atoms with E-state index in [-0.39, 0.29) is 36.6 Å². The molecular weight excluding hydrogens is 348 g/mol. The van der Waals surface area contributed by atoms with Crippen LogP contribution >= 0.6 is 0 Å². The van der Waals surface area contributed by atoms with Gasteiger partial charge in [-0.3, -0.25) is 9.59 Å². The Balaban J connectivity index is 1.82. The third kappa shape index (κ3) is 4.07. The van der Waals surface area contributed by atoms with E-state index in [2.05, 4.69) is 0 Å². The maximum Gasteiger partial charge on any atom is 0.226 e. The van der Waals surface area contributed by atoms with Crippen molar-refractivity contribution in [3.8, 4) is 0 Å². The molecular formula is C22H23F2NO2. The van der Waals surface area contributed by atoms with E-state index in [4.69, 9.17) is 0 Å². The summed E-state index contributed by atoms with van der Waals surface area (Å²) in [4.78, 5) is 26.5. The van der Waals surface area contributed by atoms with Gasteiger partial charge in [0.1, 0.15) is 17.4 Å². The lowest BCUT2D eigenvalue weighted by Gasteiger charge is -2.18. The number of halogens is 2. The van der Waals surface area contributed by atoms with Crippen molar-refractivity contribution in [2.24, 2.45) is 5.92 Å². The first-order chi connectivity index (χ1) is 12.8. The number of Topliss-reactive ketones (excluding diaryl/α,β-unsaturated/α-hetero) is 1. The Morgan fingerprint density at radius 3 is 2.26 bits per heavy atom.